The molecule has 0 amide bonds. The molecule has 88 valence electrons. The highest BCUT2D eigenvalue weighted by Crippen LogP contribution is 2.22. The Bertz CT molecular complexity index is 684. The maximum atomic E-state index is 5.90. The molecule has 0 saturated carbocycles. The van der Waals surface area contributed by atoms with Crippen molar-refractivity contribution in [1.82, 2.24) is 4.98 Å². The standard InChI is InChI=1S/C16H14N2/c17-16-14(8-4-10-18-16)11-13-7-3-6-12-5-1-2-9-15(12)13/h1-10H,11H2,(H2,17,18). The van der Waals surface area contributed by atoms with E-state index in [9.17, 15) is 0 Å². The van der Waals surface area contributed by atoms with Crippen LogP contribution in [0, 0.1) is 0 Å². The maximum Gasteiger partial charge on any atom is 0.126 e. The minimum absolute atomic E-state index is 0.616. The molecule has 1 aromatic heterocycles. The highest BCUT2D eigenvalue weighted by molar-refractivity contribution is 5.86. The molecule has 0 bridgehead atoms. The first-order valence-corrected chi connectivity index (χ1v) is 6.00. The first-order chi connectivity index (χ1) is 8.84. The van der Waals surface area contributed by atoms with Crippen LogP contribution >= 0.6 is 0 Å². The molecule has 2 heteroatoms. The molecule has 0 saturated heterocycles. The van der Waals surface area contributed by atoms with Crippen molar-refractivity contribution in [2.45, 2.75) is 6.42 Å². The van der Waals surface area contributed by atoms with Gasteiger partial charge in [-0.15, -0.1) is 0 Å². The first kappa shape index (κ1) is 10.8. The highest BCUT2D eigenvalue weighted by atomic mass is 14.8. The zero-order valence-corrected chi connectivity index (χ0v) is 10.0. The van der Waals surface area contributed by atoms with Gasteiger partial charge in [0.15, 0.2) is 0 Å². The number of benzene rings is 2. The van der Waals surface area contributed by atoms with Gasteiger partial charge in [-0.2, -0.15) is 0 Å². The Hall–Kier alpha value is -2.35. The van der Waals surface area contributed by atoms with Gasteiger partial charge in [0.25, 0.3) is 0 Å². The molecule has 18 heavy (non-hydrogen) atoms. The average Bonchev–Trinajstić information content (AvgIpc) is 2.42. The fourth-order valence-electron chi connectivity index (χ4n) is 2.25. The highest BCUT2D eigenvalue weighted by Gasteiger charge is 2.04. The molecule has 3 rings (SSSR count). The van der Waals surface area contributed by atoms with E-state index < -0.39 is 0 Å². The smallest absolute Gasteiger partial charge is 0.126 e. The van der Waals surface area contributed by atoms with E-state index in [-0.39, 0.29) is 0 Å². The summed E-state index contributed by atoms with van der Waals surface area (Å²) in [6, 6.07) is 18.7. The molecule has 2 N–H and O–H groups in total. The van der Waals surface area contributed by atoms with Gasteiger partial charge in [-0.25, -0.2) is 4.98 Å². The van der Waals surface area contributed by atoms with Gasteiger partial charge in [0.2, 0.25) is 0 Å². The zero-order chi connectivity index (χ0) is 12.4. The Morgan fingerprint density at radius 2 is 1.61 bits per heavy atom. The summed E-state index contributed by atoms with van der Waals surface area (Å²) in [6.07, 6.45) is 2.54. The Morgan fingerprint density at radius 3 is 2.50 bits per heavy atom. The summed E-state index contributed by atoms with van der Waals surface area (Å²) in [5, 5.41) is 2.54. The van der Waals surface area contributed by atoms with Crippen LogP contribution in [0.25, 0.3) is 10.8 Å². The fourth-order valence-corrected chi connectivity index (χ4v) is 2.25. The molecule has 1 heterocycles. The Morgan fingerprint density at radius 1 is 0.833 bits per heavy atom. The lowest BCUT2D eigenvalue weighted by molar-refractivity contribution is 1.17. The number of rotatable bonds is 2. The van der Waals surface area contributed by atoms with Crippen LogP contribution in [0.1, 0.15) is 11.1 Å². The van der Waals surface area contributed by atoms with Crippen molar-refractivity contribution in [1.29, 1.82) is 0 Å². The van der Waals surface area contributed by atoms with Crippen LogP contribution in [-0.2, 0) is 6.42 Å². The summed E-state index contributed by atoms with van der Waals surface area (Å²) in [5.41, 5.74) is 8.26. The first-order valence-electron chi connectivity index (χ1n) is 6.00. The van der Waals surface area contributed by atoms with Crippen LogP contribution < -0.4 is 5.73 Å². The second-order valence-electron chi connectivity index (χ2n) is 4.36. The minimum Gasteiger partial charge on any atom is -0.383 e. The van der Waals surface area contributed by atoms with Gasteiger partial charge in [-0.1, -0.05) is 48.5 Å². The summed E-state index contributed by atoms with van der Waals surface area (Å²) < 4.78 is 0. The summed E-state index contributed by atoms with van der Waals surface area (Å²) in [5.74, 6) is 0.616. The van der Waals surface area contributed by atoms with E-state index >= 15 is 0 Å². The van der Waals surface area contributed by atoms with Gasteiger partial charge in [-0.3, -0.25) is 0 Å². The third-order valence-electron chi connectivity index (χ3n) is 3.19. The third kappa shape index (κ3) is 1.93. The molecule has 0 aliphatic carbocycles. The quantitative estimate of drug-likeness (QED) is 0.738. The van der Waals surface area contributed by atoms with Gasteiger partial charge in [-0.05, 0) is 28.0 Å². The lowest BCUT2D eigenvalue weighted by Crippen LogP contribution is -1.98. The maximum absolute atomic E-state index is 5.90. The van der Waals surface area contributed by atoms with Crippen molar-refractivity contribution < 1.29 is 0 Å². The molecule has 0 aliphatic rings. The lowest BCUT2D eigenvalue weighted by Gasteiger charge is -2.08. The van der Waals surface area contributed by atoms with Gasteiger partial charge in [0, 0.05) is 12.6 Å². The van der Waals surface area contributed by atoms with Crippen molar-refractivity contribution in [2.24, 2.45) is 0 Å². The Labute approximate surface area is 106 Å². The number of hydrogen-bond donors (Lipinski definition) is 1. The van der Waals surface area contributed by atoms with Crippen LogP contribution in [0.3, 0.4) is 0 Å². The van der Waals surface area contributed by atoms with Crippen molar-refractivity contribution >= 4 is 16.6 Å². The number of nitrogens with two attached hydrogens (primary N) is 1. The summed E-state index contributed by atoms with van der Waals surface area (Å²) in [7, 11) is 0. The molecule has 0 radical (unpaired) electrons. The second kappa shape index (κ2) is 4.49. The second-order valence-corrected chi connectivity index (χ2v) is 4.36. The topological polar surface area (TPSA) is 38.9 Å². The SMILES string of the molecule is Nc1ncccc1Cc1cccc2ccccc12. The summed E-state index contributed by atoms with van der Waals surface area (Å²) in [4.78, 5) is 4.13. The van der Waals surface area contributed by atoms with Crippen molar-refractivity contribution in [3.05, 3.63) is 71.9 Å². The van der Waals surface area contributed by atoms with E-state index in [1.165, 1.54) is 16.3 Å². The van der Waals surface area contributed by atoms with Gasteiger partial charge < -0.3 is 5.73 Å². The molecule has 0 fully saturated rings. The Kier molecular flexibility index (Phi) is 2.69. The van der Waals surface area contributed by atoms with Crippen LogP contribution in [0.15, 0.2) is 60.8 Å². The Balaban J connectivity index is 2.08. The van der Waals surface area contributed by atoms with E-state index in [4.69, 9.17) is 5.73 Å². The van der Waals surface area contributed by atoms with E-state index in [2.05, 4.69) is 47.4 Å². The molecule has 0 aliphatic heterocycles. The van der Waals surface area contributed by atoms with Crippen LogP contribution in [0.2, 0.25) is 0 Å². The zero-order valence-electron chi connectivity index (χ0n) is 10.0. The molecule has 0 atom stereocenters. The molecule has 2 nitrogen and oxygen atoms in total. The molecular weight excluding hydrogens is 220 g/mol. The lowest BCUT2D eigenvalue weighted by atomic mass is 9.99. The number of aromatic nitrogens is 1. The van der Waals surface area contributed by atoms with Crippen LogP contribution in [-0.4, -0.2) is 4.98 Å². The normalized spacial score (nSPS) is 10.7. The van der Waals surface area contributed by atoms with E-state index in [0.717, 1.165) is 12.0 Å². The summed E-state index contributed by atoms with van der Waals surface area (Å²) in [6.45, 7) is 0. The number of anilines is 1. The van der Waals surface area contributed by atoms with Gasteiger partial charge in [0.05, 0.1) is 0 Å². The van der Waals surface area contributed by atoms with Gasteiger partial charge >= 0.3 is 0 Å². The number of pyridine rings is 1. The molecule has 2 aromatic carbocycles. The van der Waals surface area contributed by atoms with Crippen molar-refractivity contribution in [2.75, 3.05) is 5.73 Å². The molecular formula is C16H14N2. The summed E-state index contributed by atoms with van der Waals surface area (Å²) >= 11 is 0. The fraction of sp³-hybridized carbons (Fsp3) is 0.0625. The van der Waals surface area contributed by atoms with Crippen molar-refractivity contribution in [3.8, 4) is 0 Å². The predicted molar refractivity (Wildman–Crippen MR) is 75.4 cm³/mol. The molecule has 3 aromatic rings. The average molecular weight is 234 g/mol. The number of nitrogens with zero attached hydrogens (tertiary/aromatic N) is 1. The van der Waals surface area contributed by atoms with Crippen LogP contribution in [0.4, 0.5) is 5.82 Å². The van der Waals surface area contributed by atoms with E-state index in [1.807, 2.05) is 12.1 Å². The van der Waals surface area contributed by atoms with Gasteiger partial charge in [0.1, 0.15) is 5.82 Å². The van der Waals surface area contributed by atoms with Crippen molar-refractivity contribution in [3.63, 3.8) is 0 Å². The monoisotopic (exact) mass is 234 g/mol. The van der Waals surface area contributed by atoms with E-state index in [1.54, 1.807) is 6.20 Å². The predicted octanol–water partition coefficient (Wildman–Crippen LogP) is 3.41. The molecule has 0 unspecified atom stereocenters. The minimum atomic E-state index is 0.616. The largest absolute Gasteiger partial charge is 0.383 e. The number of hydrogen-bond acceptors (Lipinski definition) is 2. The molecule has 0 spiro atoms. The van der Waals surface area contributed by atoms with Crippen LogP contribution in [0.5, 0.6) is 0 Å². The third-order valence-corrected chi connectivity index (χ3v) is 3.19. The number of nitrogen functional groups attached to an aromatic ring is 1. The number of fused-ring (bicyclic) bond motifs is 1. The van der Waals surface area contributed by atoms with E-state index in [0.29, 0.717) is 5.82 Å².